The average Bonchev–Trinajstić information content (AvgIpc) is 2.75. The average molecular weight is 248 g/mol. The molecule has 17 heavy (non-hydrogen) atoms. The zero-order valence-corrected chi connectivity index (χ0v) is 10.9. The summed E-state index contributed by atoms with van der Waals surface area (Å²) in [5, 5.41) is 11.8. The highest BCUT2D eigenvalue weighted by Crippen LogP contribution is 2.22. The van der Waals surface area contributed by atoms with Gasteiger partial charge >= 0.3 is 0 Å². The summed E-state index contributed by atoms with van der Waals surface area (Å²) in [6.07, 6.45) is 1.05. The maximum absolute atomic E-state index is 4.05. The molecular formula is C12H16N4S. The minimum atomic E-state index is 0.816. The first kappa shape index (κ1) is 12.1. The SMILES string of the molecule is CCCn1nnnc1CSc1cccc(C)c1. The topological polar surface area (TPSA) is 43.6 Å². The quantitative estimate of drug-likeness (QED) is 0.763. The van der Waals surface area contributed by atoms with Crippen LogP contribution in [0.2, 0.25) is 0 Å². The molecule has 1 aromatic heterocycles. The van der Waals surface area contributed by atoms with Crippen LogP contribution in [0.1, 0.15) is 24.7 Å². The molecule has 90 valence electrons. The lowest BCUT2D eigenvalue weighted by Crippen LogP contribution is -2.04. The van der Waals surface area contributed by atoms with Gasteiger partial charge in [0.15, 0.2) is 5.82 Å². The molecule has 0 spiro atoms. The van der Waals surface area contributed by atoms with Crippen molar-refractivity contribution in [1.82, 2.24) is 20.2 Å². The Bertz CT molecular complexity index is 481. The molecule has 1 heterocycles. The Morgan fingerprint density at radius 3 is 3.00 bits per heavy atom. The highest BCUT2D eigenvalue weighted by molar-refractivity contribution is 7.98. The Morgan fingerprint density at radius 2 is 2.24 bits per heavy atom. The normalized spacial score (nSPS) is 10.7. The molecule has 0 unspecified atom stereocenters. The largest absolute Gasteiger partial charge is 0.229 e. The number of aromatic nitrogens is 4. The van der Waals surface area contributed by atoms with E-state index in [1.165, 1.54) is 10.5 Å². The molecule has 2 rings (SSSR count). The number of thioether (sulfide) groups is 1. The second-order valence-corrected chi connectivity index (χ2v) is 4.97. The van der Waals surface area contributed by atoms with E-state index in [4.69, 9.17) is 0 Å². The first-order chi connectivity index (χ1) is 8.29. The van der Waals surface area contributed by atoms with Crippen molar-refractivity contribution in [3.05, 3.63) is 35.7 Å². The van der Waals surface area contributed by atoms with Gasteiger partial charge in [0.2, 0.25) is 0 Å². The molecule has 0 atom stereocenters. The first-order valence-corrected chi connectivity index (χ1v) is 6.72. The van der Waals surface area contributed by atoms with Crippen molar-refractivity contribution in [2.75, 3.05) is 0 Å². The Morgan fingerprint density at radius 1 is 1.35 bits per heavy atom. The van der Waals surface area contributed by atoms with Crippen molar-refractivity contribution in [2.45, 2.75) is 37.5 Å². The van der Waals surface area contributed by atoms with Gasteiger partial charge < -0.3 is 0 Å². The summed E-state index contributed by atoms with van der Waals surface area (Å²) < 4.78 is 1.88. The second kappa shape index (κ2) is 5.82. The van der Waals surface area contributed by atoms with E-state index < -0.39 is 0 Å². The van der Waals surface area contributed by atoms with E-state index in [1.807, 2.05) is 4.68 Å². The lowest BCUT2D eigenvalue weighted by Gasteiger charge is -2.03. The summed E-state index contributed by atoms with van der Waals surface area (Å²) >= 11 is 1.77. The van der Waals surface area contributed by atoms with Gasteiger partial charge in [0.05, 0.1) is 5.75 Å². The van der Waals surface area contributed by atoms with Gasteiger partial charge in [-0.3, -0.25) is 0 Å². The number of hydrogen-bond donors (Lipinski definition) is 0. The fourth-order valence-corrected chi connectivity index (χ4v) is 2.51. The molecule has 0 N–H and O–H groups in total. The molecule has 2 aromatic rings. The number of nitrogens with zero attached hydrogens (tertiary/aromatic N) is 4. The van der Waals surface area contributed by atoms with E-state index in [2.05, 4.69) is 53.6 Å². The number of aryl methyl sites for hydroxylation is 2. The van der Waals surface area contributed by atoms with Crippen molar-refractivity contribution in [3.63, 3.8) is 0 Å². The molecule has 0 aliphatic heterocycles. The van der Waals surface area contributed by atoms with Gasteiger partial charge in [-0.1, -0.05) is 24.6 Å². The van der Waals surface area contributed by atoms with Gasteiger partial charge in [0.25, 0.3) is 0 Å². The van der Waals surface area contributed by atoms with Gasteiger partial charge in [0, 0.05) is 11.4 Å². The third-order valence-electron chi connectivity index (χ3n) is 2.40. The molecule has 5 heteroatoms. The van der Waals surface area contributed by atoms with Crippen molar-refractivity contribution >= 4 is 11.8 Å². The maximum Gasteiger partial charge on any atom is 0.161 e. The number of tetrazole rings is 1. The van der Waals surface area contributed by atoms with Crippen LogP contribution in [0.4, 0.5) is 0 Å². The van der Waals surface area contributed by atoms with E-state index in [9.17, 15) is 0 Å². The molecule has 0 fully saturated rings. The standard InChI is InChI=1S/C12H16N4S/c1-3-7-16-12(13-14-15-16)9-17-11-6-4-5-10(2)8-11/h4-6,8H,3,7,9H2,1-2H3. The first-order valence-electron chi connectivity index (χ1n) is 5.74. The summed E-state index contributed by atoms with van der Waals surface area (Å²) in [5.41, 5.74) is 1.28. The fourth-order valence-electron chi connectivity index (χ4n) is 1.57. The molecular weight excluding hydrogens is 232 g/mol. The van der Waals surface area contributed by atoms with Gasteiger partial charge in [0.1, 0.15) is 0 Å². The maximum atomic E-state index is 4.05. The lowest BCUT2D eigenvalue weighted by atomic mass is 10.2. The van der Waals surface area contributed by atoms with Crippen LogP contribution in [-0.2, 0) is 12.3 Å². The van der Waals surface area contributed by atoms with E-state index >= 15 is 0 Å². The molecule has 0 aliphatic carbocycles. The predicted molar refractivity (Wildman–Crippen MR) is 68.8 cm³/mol. The van der Waals surface area contributed by atoms with E-state index in [0.29, 0.717) is 0 Å². The summed E-state index contributed by atoms with van der Waals surface area (Å²) in [6, 6.07) is 8.47. The van der Waals surface area contributed by atoms with Gasteiger partial charge in [-0.25, -0.2) is 4.68 Å². The Hall–Kier alpha value is -1.36. The van der Waals surface area contributed by atoms with Crippen LogP contribution in [0.15, 0.2) is 29.2 Å². The van der Waals surface area contributed by atoms with Crippen LogP contribution >= 0.6 is 11.8 Å². The third-order valence-corrected chi connectivity index (χ3v) is 3.39. The van der Waals surface area contributed by atoms with E-state index in [1.54, 1.807) is 11.8 Å². The lowest BCUT2D eigenvalue weighted by molar-refractivity contribution is 0.564. The van der Waals surface area contributed by atoms with Crippen molar-refractivity contribution in [3.8, 4) is 0 Å². The van der Waals surface area contributed by atoms with Crippen molar-refractivity contribution in [2.24, 2.45) is 0 Å². The summed E-state index contributed by atoms with van der Waals surface area (Å²) in [6.45, 7) is 5.11. The summed E-state index contributed by atoms with van der Waals surface area (Å²) in [5.74, 6) is 1.76. The van der Waals surface area contributed by atoms with Gasteiger partial charge in [-0.15, -0.1) is 16.9 Å². The molecule has 0 radical (unpaired) electrons. The highest BCUT2D eigenvalue weighted by Gasteiger charge is 2.05. The van der Waals surface area contributed by atoms with E-state index in [0.717, 1.165) is 24.5 Å². The van der Waals surface area contributed by atoms with Crippen LogP contribution in [0.25, 0.3) is 0 Å². The summed E-state index contributed by atoms with van der Waals surface area (Å²) in [4.78, 5) is 1.26. The van der Waals surface area contributed by atoms with Crippen molar-refractivity contribution < 1.29 is 0 Å². The minimum absolute atomic E-state index is 0.816. The van der Waals surface area contributed by atoms with Crippen LogP contribution < -0.4 is 0 Å². The van der Waals surface area contributed by atoms with Crippen LogP contribution in [0.5, 0.6) is 0 Å². The Labute approximate surface area is 105 Å². The predicted octanol–water partition coefficient (Wildman–Crippen LogP) is 2.68. The Kier molecular flexibility index (Phi) is 4.14. The van der Waals surface area contributed by atoms with Crippen LogP contribution in [-0.4, -0.2) is 20.2 Å². The molecule has 0 aliphatic rings. The van der Waals surface area contributed by atoms with Gasteiger partial charge in [-0.05, 0) is 35.9 Å². The molecule has 0 saturated heterocycles. The number of benzene rings is 1. The smallest absolute Gasteiger partial charge is 0.161 e. The fraction of sp³-hybridized carbons (Fsp3) is 0.417. The van der Waals surface area contributed by atoms with Gasteiger partial charge in [-0.2, -0.15) is 0 Å². The van der Waals surface area contributed by atoms with E-state index in [-0.39, 0.29) is 0 Å². The number of rotatable bonds is 5. The number of hydrogen-bond acceptors (Lipinski definition) is 4. The molecule has 0 amide bonds. The minimum Gasteiger partial charge on any atom is -0.229 e. The summed E-state index contributed by atoms with van der Waals surface area (Å²) in [7, 11) is 0. The zero-order valence-electron chi connectivity index (χ0n) is 10.1. The van der Waals surface area contributed by atoms with Crippen molar-refractivity contribution in [1.29, 1.82) is 0 Å². The molecule has 0 saturated carbocycles. The second-order valence-electron chi connectivity index (χ2n) is 3.92. The highest BCUT2D eigenvalue weighted by atomic mass is 32.2. The van der Waals surface area contributed by atoms with Crippen LogP contribution in [0, 0.1) is 6.92 Å². The zero-order chi connectivity index (χ0) is 12.1. The Balaban J connectivity index is 1.99. The third kappa shape index (κ3) is 3.30. The van der Waals surface area contributed by atoms with Crippen LogP contribution in [0.3, 0.4) is 0 Å². The molecule has 1 aromatic carbocycles. The monoisotopic (exact) mass is 248 g/mol. The molecule has 0 bridgehead atoms. The molecule has 4 nitrogen and oxygen atoms in total.